The van der Waals surface area contributed by atoms with Crippen molar-refractivity contribution in [2.45, 2.75) is 69.2 Å². The largest absolute Gasteiger partial charge is 0.493 e. The summed E-state index contributed by atoms with van der Waals surface area (Å²) in [5.41, 5.74) is 6.70. The molecule has 6 aromatic rings. The van der Waals surface area contributed by atoms with Crippen LogP contribution in [-0.4, -0.2) is 197 Å². The smallest absolute Gasteiger partial charge is 0.341 e. The maximum Gasteiger partial charge on any atom is 0.341 e. The molecule has 22 nitrogen and oxygen atoms in total. The number of unbranched alkanes of at least 4 members (excludes halogenated alkanes) is 2. The van der Waals surface area contributed by atoms with Crippen molar-refractivity contribution in [3.8, 4) is 69.0 Å². The van der Waals surface area contributed by atoms with Crippen molar-refractivity contribution in [3.05, 3.63) is 142 Å². The number of esters is 2. The summed E-state index contributed by atoms with van der Waals surface area (Å²) >= 11 is 0. The van der Waals surface area contributed by atoms with Crippen LogP contribution in [0.3, 0.4) is 0 Å². The number of nitrogens with zero attached hydrogens (tertiary/aromatic N) is 2. The van der Waals surface area contributed by atoms with Gasteiger partial charge >= 0.3 is 11.9 Å². The van der Waals surface area contributed by atoms with Gasteiger partial charge in [0.15, 0.2) is 80.6 Å². The Bertz CT molecular complexity index is 3400. The molecule has 0 aromatic heterocycles. The van der Waals surface area contributed by atoms with Crippen LogP contribution < -0.4 is 56.8 Å². The highest BCUT2D eigenvalue weighted by molar-refractivity contribution is 5.98. The van der Waals surface area contributed by atoms with E-state index >= 15 is 0 Å². The fourth-order valence-corrected chi connectivity index (χ4v) is 12.8. The molecule has 0 N–H and O–H groups in total. The van der Waals surface area contributed by atoms with Crippen LogP contribution in [-0.2, 0) is 54.2 Å². The summed E-state index contributed by atoms with van der Waals surface area (Å²) < 4.78 is 93.2. The lowest BCUT2D eigenvalue weighted by Gasteiger charge is -2.47. The normalized spacial score (nSPS) is 17.7. The number of benzene rings is 6. The molecule has 8 rings (SSSR count). The Balaban J connectivity index is 0.999. The Kier molecular flexibility index (Phi) is 25.3. The van der Waals surface area contributed by atoms with Gasteiger partial charge in [-0.15, -0.1) is 0 Å². The number of carbonyl (C=O) groups is 4. The molecule has 0 radical (unpaired) electrons. The number of likely N-dealkylation sites (N-methyl/N-ethyl adjacent to an activating group) is 2. The van der Waals surface area contributed by atoms with Crippen LogP contribution in [0.15, 0.2) is 97.1 Å². The van der Waals surface area contributed by atoms with Crippen molar-refractivity contribution in [1.29, 1.82) is 0 Å². The minimum atomic E-state index is -1.20. The molecular weight excluding hydrogens is 1220 g/mol. The van der Waals surface area contributed by atoms with Gasteiger partial charge in [-0.05, 0) is 126 Å². The Labute approximate surface area is 557 Å². The molecular formula is C73H92N2O20+2. The maximum absolute atomic E-state index is 14.6. The van der Waals surface area contributed by atoms with Crippen LogP contribution in [0.25, 0.3) is 0 Å². The molecule has 0 fully saturated rings. The van der Waals surface area contributed by atoms with Gasteiger partial charge < -0.3 is 84.8 Å². The standard InChI is InChI=1S/C73H92N2O20/c1-74(28-26-48-36-66(88-11)68(90-13)40-52(48)54(74)32-46-18-22-58(80-3)62(34-46)84-7)42-70(94-44-56(76)50-20-24-60(82-5)64(38-50)86-9)72(78)92-30-16-15-17-31-93-73(79)71(95-45-57(77)51-21-25-61(83-6)65(39-51)87-10)43-75(2)29-27-49-37-67(89-12)69(91-14)41-53(49)55(75)33-47-19-23-59(81-4)63(35-47)85-8/h18-25,34-41,54-55,70-71H,15-17,26-33,42-45H2,1-14H3/q+2. The van der Waals surface area contributed by atoms with E-state index in [1.807, 2.05) is 60.7 Å². The molecule has 6 atom stereocenters. The zero-order chi connectivity index (χ0) is 68.4. The second-order valence-electron chi connectivity index (χ2n) is 23.9. The summed E-state index contributed by atoms with van der Waals surface area (Å²) in [6, 6.07) is 28.8. The van der Waals surface area contributed by atoms with Crippen molar-refractivity contribution >= 4 is 23.5 Å². The minimum Gasteiger partial charge on any atom is -0.493 e. The first-order valence-electron chi connectivity index (χ1n) is 31.5. The fourth-order valence-electron chi connectivity index (χ4n) is 12.8. The van der Waals surface area contributed by atoms with Gasteiger partial charge in [-0.3, -0.25) is 9.59 Å². The zero-order valence-corrected chi connectivity index (χ0v) is 57.2. The summed E-state index contributed by atoms with van der Waals surface area (Å²) in [6.45, 7) is 0.583. The fraction of sp³-hybridized carbons (Fsp3) is 0.452. The van der Waals surface area contributed by atoms with E-state index < -0.39 is 37.4 Å². The lowest BCUT2D eigenvalue weighted by molar-refractivity contribution is -0.943. The highest BCUT2D eigenvalue weighted by atomic mass is 16.6. The topological polar surface area (TPSA) is 216 Å². The van der Waals surface area contributed by atoms with Gasteiger partial charge in [-0.25, -0.2) is 9.59 Å². The molecule has 0 saturated heterocycles. The van der Waals surface area contributed by atoms with E-state index in [0.717, 1.165) is 33.4 Å². The summed E-state index contributed by atoms with van der Waals surface area (Å²) in [7, 11) is 22.9. The van der Waals surface area contributed by atoms with Crippen molar-refractivity contribution in [1.82, 2.24) is 0 Å². The van der Waals surface area contributed by atoms with Crippen LogP contribution >= 0.6 is 0 Å². The SMILES string of the molecule is COc1ccc(CC2c3cc(OC)c(OC)cc3CC[N+]2(C)CC(OCC(=O)c2ccc(OC)c(OC)c2)C(=O)OCCCCCOC(=O)C(C[N+]2(C)CCc3cc(OC)c(OC)cc3C2Cc2ccc(OC)c(OC)c2)OCC(=O)c2ccc(OC)c(OC)c2)cc1OC. The highest BCUT2D eigenvalue weighted by Crippen LogP contribution is 2.46. The number of hydrogen-bond donors (Lipinski definition) is 0. The van der Waals surface area contributed by atoms with Gasteiger partial charge in [-0.2, -0.15) is 0 Å². The van der Waals surface area contributed by atoms with Crippen molar-refractivity contribution < 1.29 is 104 Å². The number of rotatable bonds is 36. The number of hydrogen-bond acceptors (Lipinski definition) is 20. The van der Waals surface area contributed by atoms with Crippen LogP contribution in [0.4, 0.5) is 0 Å². The number of carbonyl (C=O) groups excluding carboxylic acids is 4. The second kappa shape index (κ2) is 33.4. The molecule has 22 heteroatoms. The number of quaternary nitrogens is 2. The molecule has 0 bridgehead atoms. The van der Waals surface area contributed by atoms with E-state index in [0.29, 0.717) is 147 Å². The monoisotopic (exact) mass is 1320 g/mol. The van der Waals surface area contributed by atoms with E-state index in [9.17, 15) is 19.2 Å². The van der Waals surface area contributed by atoms with E-state index in [4.69, 9.17) is 75.8 Å². The number of fused-ring (bicyclic) bond motifs is 2. The molecule has 6 aromatic carbocycles. The van der Waals surface area contributed by atoms with Crippen LogP contribution in [0.1, 0.15) is 85.4 Å². The first kappa shape index (κ1) is 71.9. The Morgan fingerprint density at radius 3 is 1.02 bits per heavy atom. The van der Waals surface area contributed by atoms with Crippen molar-refractivity contribution in [2.75, 3.05) is 152 Å². The average Bonchev–Trinajstić information content (AvgIpc) is 0.763. The Morgan fingerprint density at radius 2 is 0.684 bits per heavy atom. The predicted molar refractivity (Wildman–Crippen MR) is 353 cm³/mol. The molecule has 0 amide bonds. The molecule has 95 heavy (non-hydrogen) atoms. The Morgan fingerprint density at radius 1 is 0.379 bits per heavy atom. The van der Waals surface area contributed by atoms with Crippen molar-refractivity contribution in [3.63, 3.8) is 0 Å². The lowest BCUT2D eigenvalue weighted by Crippen LogP contribution is -2.57. The second-order valence-corrected chi connectivity index (χ2v) is 23.9. The van der Waals surface area contributed by atoms with Gasteiger partial charge in [0.05, 0.1) is 126 Å². The van der Waals surface area contributed by atoms with Crippen molar-refractivity contribution in [2.24, 2.45) is 0 Å². The number of methoxy groups -OCH3 is 12. The van der Waals surface area contributed by atoms with Gasteiger partial charge in [-0.1, -0.05) is 12.1 Å². The third kappa shape index (κ3) is 17.1. The summed E-state index contributed by atoms with van der Waals surface area (Å²) in [4.78, 5) is 57.2. The quantitative estimate of drug-likeness (QED) is 0.0155. The molecule has 0 spiro atoms. The van der Waals surface area contributed by atoms with Gasteiger partial charge in [0, 0.05) is 47.9 Å². The van der Waals surface area contributed by atoms with E-state index in [1.165, 1.54) is 28.4 Å². The van der Waals surface area contributed by atoms with Gasteiger partial charge in [0.2, 0.25) is 12.2 Å². The van der Waals surface area contributed by atoms with Crippen LogP contribution in [0, 0.1) is 0 Å². The lowest BCUT2D eigenvalue weighted by atomic mass is 9.86. The molecule has 0 aliphatic carbocycles. The third-order valence-electron chi connectivity index (χ3n) is 18.3. The minimum absolute atomic E-state index is 0.00823. The number of ether oxygens (including phenoxy) is 16. The molecule has 2 heterocycles. The molecule has 2 aliphatic heterocycles. The van der Waals surface area contributed by atoms with Crippen LogP contribution in [0.5, 0.6) is 69.0 Å². The number of ketones is 2. The average molecular weight is 1320 g/mol. The number of Topliss-reactive ketones (excluding diaryl/α,β-unsaturated/α-hetero) is 2. The molecule has 512 valence electrons. The van der Waals surface area contributed by atoms with E-state index in [-0.39, 0.29) is 50.0 Å². The van der Waals surface area contributed by atoms with Crippen LogP contribution in [0.2, 0.25) is 0 Å². The van der Waals surface area contributed by atoms with Gasteiger partial charge in [0.25, 0.3) is 0 Å². The first-order valence-corrected chi connectivity index (χ1v) is 31.5. The highest BCUT2D eigenvalue weighted by Gasteiger charge is 2.46. The summed E-state index contributed by atoms with van der Waals surface area (Å²) in [5, 5.41) is 0. The van der Waals surface area contributed by atoms with Gasteiger partial charge in [0.1, 0.15) is 38.4 Å². The Hall–Kier alpha value is -8.96. The first-order chi connectivity index (χ1) is 45.9. The maximum atomic E-state index is 14.6. The summed E-state index contributed by atoms with van der Waals surface area (Å²) in [5.74, 6) is 4.26. The third-order valence-corrected chi connectivity index (χ3v) is 18.3. The summed E-state index contributed by atoms with van der Waals surface area (Å²) in [6.07, 6.45) is 1.22. The van der Waals surface area contributed by atoms with E-state index in [2.05, 4.69) is 14.1 Å². The van der Waals surface area contributed by atoms with E-state index in [1.54, 1.807) is 93.3 Å². The molecule has 0 saturated carbocycles. The predicted octanol–water partition coefficient (Wildman–Crippen LogP) is 9.86. The zero-order valence-electron chi connectivity index (χ0n) is 57.2. The molecule has 2 aliphatic rings. The molecule has 6 unspecified atom stereocenters.